The number of rotatable bonds is 8. The number of carbonyl (C=O) groups is 1. The molecule has 0 bridgehead atoms. The van der Waals surface area contributed by atoms with Crippen LogP contribution in [0.5, 0.6) is 5.75 Å². The highest BCUT2D eigenvalue weighted by Crippen LogP contribution is 2.20. The number of amides is 1. The van der Waals surface area contributed by atoms with Crippen LogP contribution in [0.4, 0.5) is 0 Å². The Hall–Kier alpha value is -3.21. The zero-order valence-corrected chi connectivity index (χ0v) is 15.4. The molecule has 2 aromatic heterocycles. The second-order valence-electron chi connectivity index (χ2n) is 6.16. The van der Waals surface area contributed by atoms with Crippen molar-refractivity contribution >= 4 is 5.91 Å². The summed E-state index contributed by atoms with van der Waals surface area (Å²) >= 11 is 0. The molecule has 5 nitrogen and oxygen atoms in total. The van der Waals surface area contributed by atoms with E-state index < -0.39 is 0 Å². The van der Waals surface area contributed by atoms with Crippen molar-refractivity contribution in [2.75, 3.05) is 6.61 Å². The molecule has 0 aliphatic heterocycles. The van der Waals surface area contributed by atoms with Gasteiger partial charge in [-0.15, -0.1) is 0 Å². The van der Waals surface area contributed by atoms with Crippen LogP contribution in [0.25, 0.3) is 11.3 Å². The number of ether oxygens (including phenoxy) is 1. The van der Waals surface area contributed by atoms with E-state index in [1.54, 1.807) is 30.7 Å². The Labute approximate surface area is 159 Å². The van der Waals surface area contributed by atoms with Crippen molar-refractivity contribution in [3.05, 3.63) is 78.2 Å². The Bertz CT molecular complexity index is 864. The highest BCUT2D eigenvalue weighted by Gasteiger charge is 2.10. The number of carbonyl (C=O) groups excluding carboxylic acids is 1. The zero-order valence-electron chi connectivity index (χ0n) is 15.4. The predicted molar refractivity (Wildman–Crippen MR) is 105 cm³/mol. The van der Waals surface area contributed by atoms with Gasteiger partial charge < -0.3 is 10.1 Å². The summed E-state index contributed by atoms with van der Waals surface area (Å²) in [6.07, 6.45) is 7.35. The third-order valence-electron chi connectivity index (χ3n) is 4.15. The summed E-state index contributed by atoms with van der Waals surface area (Å²) in [6.45, 7) is 3.21. The van der Waals surface area contributed by atoms with Crippen molar-refractivity contribution in [3.8, 4) is 17.0 Å². The fraction of sp³-hybridized carbons (Fsp3) is 0.227. The van der Waals surface area contributed by atoms with Crippen molar-refractivity contribution in [2.24, 2.45) is 0 Å². The van der Waals surface area contributed by atoms with E-state index in [1.807, 2.05) is 36.4 Å². The van der Waals surface area contributed by atoms with Crippen LogP contribution in [0.3, 0.4) is 0 Å². The minimum Gasteiger partial charge on any atom is -0.494 e. The molecule has 27 heavy (non-hydrogen) atoms. The van der Waals surface area contributed by atoms with Gasteiger partial charge in [-0.3, -0.25) is 14.8 Å². The number of nitrogens with zero attached hydrogens (tertiary/aromatic N) is 2. The molecular weight excluding hydrogens is 338 g/mol. The van der Waals surface area contributed by atoms with E-state index in [9.17, 15) is 4.79 Å². The normalized spacial score (nSPS) is 10.4. The smallest absolute Gasteiger partial charge is 0.251 e. The van der Waals surface area contributed by atoms with Crippen molar-refractivity contribution in [1.82, 2.24) is 15.3 Å². The summed E-state index contributed by atoms with van der Waals surface area (Å²) in [5, 5.41) is 2.96. The predicted octanol–water partition coefficient (Wildman–Crippen LogP) is 4.25. The van der Waals surface area contributed by atoms with Gasteiger partial charge in [-0.25, -0.2) is 0 Å². The van der Waals surface area contributed by atoms with Crippen molar-refractivity contribution < 1.29 is 9.53 Å². The van der Waals surface area contributed by atoms with Gasteiger partial charge in [0.1, 0.15) is 5.75 Å². The Balaban J connectivity index is 1.63. The molecule has 0 unspecified atom stereocenters. The van der Waals surface area contributed by atoms with Crippen LogP contribution < -0.4 is 10.1 Å². The summed E-state index contributed by atoms with van der Waals surface area (Å²) in [4.78, 5) is 21.0. The van der Waals surface area contributed by atoms with Crippen LogP contribution in [-0.4, -0.2) is 22.5 Å². The summed E-state index contributed by atoms with van der Waals surface area (Å²) < 4.78 is 5.63. The molecule has 0 aliphatic rings. The molecule has 0 radical (unpaired) electrons. The molecule has 3 rings (SSSR count). The lowest BCUT2D eigenvalue weighted by Crippen LogP contribution is -2.23. The molecule has 0 saturated heterocycles. The highest BCUT2D eigenvalue weighted by atomic mass is 16.5. The van der Waals surface area contributed by atoms with Crippen LogP contribution >= 0.6 is 0 Å². The topological polar surface area (TPSA) is 64.1 Å². The maximum Gasteiger partial charge on any atom is 0.251 e. The van der Waals surface area contributed by atoms with E-state index in [1.165, 1.54) is 0 Å². The number of nitrogens with one attached hydrogen (secondary N) is 1. The average molecular weight is 361 g/mol. The third-order valence-corrected chi connectivity index (χ3v) is 4.15. The van der Waals surface area contributed by atoms with Gasteiger partial charge in [0, 0.05) is 36.3 Å². The van der Waals surface area contributed by atoms with Gasteiger partial charge >= 0.3 is 0 Å². The van der Waals surface area contributed by atoms with E-state index >= 15 is 0 Å². The maximum absolute atomic E-state index is 12.5. The molecule has 1 amide bonds. The Kier molecular flexibility index (Phi) is 6.52. The first kappa shape index (κ1) is 18.6. The minimum absolute atomic E-state index is 0.129. The molecule has 1 N–H and O–H groups in total. The SMILES string of the molecule is CCCCOc1ccc(C(=O)NCc2cccnc2-c2cccnc2)cc1. The molecule has 1 aromatic carbocycles. The lowest BCUT2D eigenvalue weighted by Gasteiger charge is -2.10. The van der Waals surface area contributed by atoms with Gasteiger partial charge in [0.25, 0.3) is 5.91 Å². The van der Waals surface area contributed by atoms with Crippen molar-refractivity contribution in [2.45, 2.75) is 26.3 Å². The Morgan fingerprint density at radius 1 is 1.07 bits per heavy atom. The van der Waals surface area contributed by atoms with E-state index in [4.69, 9.17) is 4.74 Å². The van der Waals surface area contributed by atoms with E-state index in [2.05, 4.69) is 22.2 Å². The summed E-state index contributed by atoms with van der Waals surface area (Å²) in [7, 11) is 0. The van der Waals surface area contributed by atoms with Gasteiger partial charge in [-0.2, -0.15) is 0 Å². The average Bonchev–Trinajstić information content (AvgIpc) is 2.73. The van der Waals surface area contributed by atoms with Gasteiger partial charge in [0.2, 0.25) is 0 Å². The van der Waals surface area contributed by atoms with E-state index in [0.29, 0.717) is 18.7 Å². The minimum atomic E-state index is -0.129. The molecule has 0 saturated carbocycles. The number of hydrogen-bond acceptors (Lipinski definition) is 4. The fourth-order valence-electron chi connectivity index (χ4n) is 2.66. The quantitative estimate of drug-likeness (QED) is 0.609. The monoisotopic (exact) mass is 361 g/mol. The Morgan fingerprint density at radius 3 is 2.63 bits per heavy atom. The molecule has 0 aliphatic carbocycles. The number of benzene rings is 1. The van der Waals surface area contributed by atoms with Gasteiger partial charge in [0.15, 0.2) is 0 Å². The molecule has 0 fully saturated rings. The number of unbranched alkanes of at least 4 members (excludes halogenated alkanes) is 1. The number of pyridine rings is 2. The maximum atomic E-state index is 12.5. The summed E-state index contributed by atoms with van der Waals surface area (Å²) in [5.74, 6) is 0.655. The largest absolute Gasteiger partial charge is 0.494 e. The molecule has 0 spiro atoms. The summed E-state index contributed by atoms with van der Waals surface area (Å²) in [5.41, 5.74) is 3.30. The molecule has 5 heteroatoms. The highest BCUT2D eigenvalue weighted by molar-refractivity contribution is 5.94. The second kappa shape index (κ2) is 9.48. The first-order valence-electron chi connectivity index (χ1n) is 9.13. The molecule has 2 heterocycles. The first-order valence-corrected chi connectivity index (χ1v) is 9.13. The summed E-state index contributed by atoms with van der Waals surface area (Å²) in [6, 6.07) is 14.9. The van der Waals surface area contributed by atoms with Crippen molar-refractivity contribution in [3.63, 3.8) is 0 Å². The lowest BCUT2D eigenvalue weighted by atomic mass is 10.1. The lowest BCUT2D eigenvalue weighted by molar-refractivity contribution is 0.0951. The number of hydrogen-bond donors (Lipinski definition) is 1. The van der Waals surface area contributed by atoms with Crippen LogP contribution in [-0.2, 0) is 6.54 Å². The molecular formula is C22H23N3O2. The van der Waals surface area contributed by atoms with Gasteiger partial charge in [-0.1, -0.05) is 19.4 Å². The van der Waals surface area contributed by atoms with Crippen LogP contribution in [0, 0.1) is 0 Å². The van der Waals surface area contributed by atoms with E-state index in [0.717, 1.165) is 35.4 Å². The fourth-order valence-corrected chi connectivity index (χ4v) is 2.66. The van der Waals surface area contributed by atoms with Gasteiger partial charge in [0.05, 0.1) is 12.3 Å². The zero-order chi connectivity index (χ0) is 18.9. The second-order valence-corrected chi connectivity index (χ2v) is 6.16. The van der Waals surface area contributed by atoms with Gasteiger partial charge in [-0.05, 0) is 54.4 Å². The molecule has 138 valence electrons. The standard InChI is InChI=1S/C22H23N3O2/c1-2-3-14-27-20-10-8-17(9-11-20)22(26)25-16-19-7-5-13-24-21(19)18-6-4-12-23-15-18/h4-13,15H,2-3,14,16H2,1H3,(H,25,26). The Morgan fingerprint density at radius 2 is 1.89 bits per heavy atom. The van der Waals surface area contributed by atoms with Crippen LogP contribution in [0.15, 0.2) is 67.1 Å². The molecule has 3 aromatic rings. The van der Waals surface area contributed by atoms with Crippen LogP contribution in [0.2, 0.25) is 0 Å². The van der Waals surface area contributed by atoms with E-state index in [-0.39, 0.29) is 5.91 Å². The first-order chi connectivity index (χ1) is 13.3. The van der Waals surface area contributed by atoms with Crippen molar-refractivity contribution in [1.29, 1.82) is 0 Å². The number of aromatic nitrogens is 2. The molecule has 0 atom stereocenters. The van der Waals surface area contributed by atoms with Crippen LogP contribution in [0.1, 0.15) is 35.7 Å². The third kappa shape index (κ3) is 5.14.